The number of amides is 2. The van der Waals surface area contributed by atoms with Gasteiger partial charge in [-0.3, -0.25) is 29.4 Å². The molecule has 3 atom stereocenters. The molecule has 188 valence electrons. The molecule has 2 aromatic rings. The van der Waals surface area contributed by atoms with Crippen LogP contribution in [0.1, 0.15) is 30.0 Å². The molecule has 0 aromatic heterocycles. The van der Waals surface area contributed by atoms with E-state index in [0.29, 0.717) is 5.56 Å². The van der Waals surface area contributed by atoms with E-state index in [1.54, 1.807) is 12.1 Å². The molecule has 12 heteroatoms. The Morgan fingerprint density at radius 2 is 1.81 bits per heavy atom. The molecular formula is C24H23N3O9. The third-order valence-electron chi connectivity index (χ3n) is 6.20. The summed E-state index contributed by atoms with van der Waals surface area (Å²) in [6.45, 7) is -0.530. The van der Waals surface area contributed by atoms with Crippen LogP contribution in [0, 0.1) is 10.1 Å². The molecule has 2 aliphatic heterocycles. The molecule has 36 heavy (non-hydrogen) atoms. The summed E-state index contributed by atoms with van der Waals surface area (Å²) in [6.07, 6.45) is -0.906. The number of non-ortho nitro benzene ring substituents is 1. The minimum atomic E-state index is -1.07. The van der Waals surface area contributed by atoms with Crippen molar-refractivity contribution in [2.75, 3.05) is 13.2 Å². The second-order valence-corrected chi connectivity index (χ2v) is 8.41. The van der Waals surface area contributed by atoms with Gasteiger partial charge in [0.1, 0.15) is 25.8 Å². The molecule has 1 unspecified atom stereocenters. The van der Waals surface area contributed by atoms with E-state index in [4.69, 9.17) is 9.47 Å². The van der Waals surface area contributed by atoms with Gasteiger partial charge in [-0.1, -0.05) is 30.3 Å². The van der Waals surface area contributed by atoms with Crippen molar-refractivity contribution in [3.05, 3.63) is 75.8 Å². The third kappa shape index (κ3) is 5.11. The maximum absolute atomic E-state index is 13.1. The molecule has 4 rings (SSSR count). The number of carbonyl (C=O) groups is 4. The molecule has 2 fully saturated rings. The van der Waals surface area contributed by atoms with Crippen LogP contribution in [0.4, 0.5) is 10.5 Å². The molecule has 0 spiro atoms. The van der Waals surface area contributed by atoms with Crippen LogP contribution in [0.15, 0.2) is 54.6 Å². The molecule has 2 heterocycles. The maximum Gasteiger partial charge on any atom is 0.411 e. The number of hydrogen-bond acceptors (Lipinski definition) is 8. The van der Waals surface area contributed by atoms with Crippen LogP contribution in [0.5, 0.6) is 0 Å². The highest BCUT2D eigenvalue weighted by atomic mass is 16.6. The first-order chi connectivity index (χ1) is 17.3. The molecule has 2 aromatic carbocycles. The van der Waals surface area contributed by atoms with E-state index in [2.05, 4.69) is 0 Å². The summed E-state index contributed by atoms with van der Waals surface area (Å²) in [5.41, 5.74) is 1.20. The van der Waals surface area contributed by atoms with Gasteiger partial charge in [0.05, 0.1) is 17.0 Å². The van der Waals surface area contributed by atoms with Crippen molar-refractivity contribution in [3.8, 4) is 0 Å². The minimum Gasteiger partial charge on any atom is -0.481 e. The van der Waals surface area contributed by atoms with Crippen LogP contribution >= 0.6 is 0 Å². The molecule has 0 radical (unpaired) electrons. The second kappa shape index (κ2) is 10.4. The summed E-state index contributed by atoms with van der Waals surface area (Å²) in [4.78, 5) is 62.1. The lowest BCUT2D eigenvalue weighted by atomic mass is 9.88. The van der Waals surface area contributed by atoms with Crippen LogP contribution in [-0.2, 0) is 30.5 Å². The standard InChI is InChI=1S/C24H23N3O9/c28-20(29)11-10-18-22(26-19(14-36-24(26)32)16-4-2-1-3-5-16)23(31)25(18)12-21(30)35-13-15-6-8-17(9-7-15)27(33)34/h1-9,18-19,22H,10-14H2,(H,28,29)/t18-,19?,22+/m1/s1. The van der Waals surface area contributed by atoms with E-state index in [1.165, 1.54) is 34.1 Å². The summed E-state index contributed by atoms with van der Waals surface area (Å²) in [7, 11) is 0. The van der Waals surface area contributed by atoms with Gasteiger partial charge in [0.2, 0.25) is 5.91 Å². The zero-order chi connectivity index (χ0) is 25.8. The quantitative estimate of drug-likeness (QED) is 0.225. The Kier molecular flexibility index (Phi) is 7.13. The van der Waals surface area contributed by atoms with Crippen LogP contribution in [0.2, 0.25) is 0 Å². The molecule has 2 amide bonds. The number of nitro benzene ring substituents is 1. The Bertz CT molecular complexity index is 1170. The fourth-order valence-electron chi connectivity index (χ4n) is 4.41. The van der Waals surface area contributed by atoms with Gasteiger partial charge in [0.15, 0.2) is 0 Å². The molecule has 12 nitrogen and oxygen atoms in total. The average molecular weight is 497 g/mol. The lowest BCUT2D eigenvalue weighted by molar-refractivity contribution is -0.384. The average Bonchev–Trinajstić information content (AvgIpc) is 3.24. The van der Waals surface area contributed by atoms with Gasteiger partial charge in [-0.25, -0.2) is 4.79 Å². The fourth-order valence-corrected chi connectivity index (χ4v) is 4.41. The summed E-state index contributed by atoms with van der Waals surface area (Å²) in [5, 5.41) is 19.9. The monoisotopic (exact) mass is 497 g/mol. The van der Waals surface area contributed by atoms with Crippen molar-refractivity contribution in [2.24, 2.45) is 0 Å². The lowest BCUT2D eigenvalue weighted by Gasteiger charge is -2.50. The van der Waals surface area contributed by atoms with Gasteiger partial charge in [-0.15, -0.1) is 0 Å². The topological polar surface area (TPSA) is 157 Å². The Balaban J connectivity index is 1.44. The Morgan fingerprint density at radius 1 is 1.11 bits per heavy atom. The SMILES string of the molecule is O=C(O)CC[C@@H]1[C@H](N2C(=O)OCC2c2ccccc2)C(=O)N1CC(=O)OCc1ccc([N+](=O)[O-])cc1. The predicted octanol–water partition coefficient (Wildman–Crippen LogP) is 2.28. The van der Waals surface area contributed by atoms with Gasteiger partial charge in [-0.2, -0.15) is 0 Å². The highest BCUT2D eigenvalue weighted by Crippen LogP contribution is 2.38. The highest BCUT2D eigenvalue weighted by Gasteiger charge is 2.56. The van der Waals surface area contributed by atoms with Gasteiger partial charge >= 0.3 is 18.0 Å². The van der Waals surface area contributed by atoms with Gasteiger partial charge in [0.25, 0.3) is 5.69 Å². The number of rotatable bonds is 10. The zero-order valence-electron chi connectivity index (χ0n) is 19.0. The minimum absolute atomic E-state index is 0.0344. The number of cyclic esters (lactones) is 1. The smallest absolute Gasteiger partial charge is 0.411 e. The van der Waals surface area contributed by atoms with E-state index in [-0.39, 0.29) is 31.7 Å². The molecule has 2 aliphatic rings. The van der Waals surface area contributed by atoms with E-state index < -0.39 is 53.5 Å². The number of nitrogens with zero attached hydrogens (tertiary/aromatic N) is 3. The van der Waals surface area contributed by atoms with Crippen molar-refractivity contribution in [1.29, 1.82) is 0 Å². The first-order valence-electron chi connectivity index (χ1n) is 11.2. The number of aliphatic carboxylic acids is 1. The molecule has 0 saturated carbocycles. The number of benzene rings is 2. The summed E-state index contributed by atoms with van der Waals surface area (Å²) in [5.74, 6) is -2.31. The Morgan fingerprint density at radius 3 is 2.44 bits per heavy atom. The Hall–Kier alpha value is -4.48. The molecule has 2 saturated heterocycles. The summed E-state index contributed by atoms with van der Waals surface area (Å²) >= 11 is 0. The van der Waals surface area contributed by atoms with Crippen molar-refractivity contribution in [1.82, 2.24) is 9.80 Å². The van der Waals surface area contributed by atoms with Crippen molar-refractivity contribution >= 4 is 29.6 Å². The number of nitro groups is 1. The summed E-state index contributed by atoms with van der Waals surface area (Å²) in [6, 6.07) is 12.3. The van der Waals surface area contributed by atoms with E-state index in [0.717, 1.165) is 5.56 Å². The Labute approximate surface area is 205 Å². The van der Waals surface area contributed by atoms with Crippen LogP contribution in [0.25, 0.3) is 0 Å². The fraction of sp³-hybridized carbons (Fsp3) is 0.333. The highest BCUT2D eigenvalue weighted by molar-refractivity contribution is 5.95. The number of esters is 1. The predicted molar refractivity (Wildman–Crippen MR) is 121 cm³/mol. The largest absolute Gasteiger partial charge is 0.481 e. The second-order valence-electron chi connectivity index (χ2n) is 8.41. The number of carbonyl (C=O) groups excluding carboxylic acids is 3. The van der Waals surface area contributed by atoms with Crippen LogP contribution in [-0.4, -0.2) is 69.0 Å². The van der Waals surface area contributed by atoms with Crippen LogP contribution in [0.3, 0.4) is 0 Å². The maximum atomic E-state index is 13.1. The first kappa shape index (κ1) is 24.6. The third-order valence-corrected chi connectivity index (χ3v) is 6.20. The molecule has 1 N–H and O–H groups in total. The normalized spacial score (nSPS) is 21.1. The van der Waals surface area contributed by atoms with Crippen molar-refractivity contribution in [2.45, 2.75) is 37.6 Å². The first-order valence-corrected chi connectivity index (χ1v) is 11.2. The molecular weight excluding hydrogens is 474 g/mol. The lowest BCUT2D eigenvalue weighted by Crippen LogP contribution is -2.71. The van der Waals surface area contributed by atoms with E-state index in [9.17, 15) is 34.4 Å². The molecule has 0 bridgehead atoms. The van der Waals surface area contributed by atoms with E-state index in [1.807, 2.05) is 18.2 Å². The van der Waals surface area contributed by atoms with Crippen molar-refractivity contribution in [3.63, 3.8) is 0 Å². The van der Waals surface area contributed by atoms with Gasteiger partial charge in [-0.05, 0) is 29.7 Å². The summed E-state index contributed by atoms with van der Waals surface area (Å²) < 4.78 is 10.4. The van der Waals surface area contributed by atoms with E-state index >= 15 is 0 Å². The number of hydrogen-bond donors (Lipinski definition) is 1. The number of likely N-dealkylation sites (tertiary alicyclic amines) is 1. The number of ether oxygens (including phenoxy) is 2. The number of carboxylic acid groups (broad SMARTS) is 1. The van der Waals surface area contributed by atoms with Gasteiger partial charge < -0.3 is 19.5 Å². The number of β-lactam (4-membered cyclic amide) rings is 1. The zero-order valence-corrected chi connectivity index (χ0v) is 19.0. The number of carboxylic acids is 1. The van der Waals surface area contributed by atoms with Gasteiger partial charge in [0, 0.05) is 18.6 Å². The molecule has 0 aliphatic carbocycles. The van der Waals surface area contributed by atoms with Crippen molar-refractivity contribution < 1.29 is 38.7 Å². The van der Waals surface area contributed by atoms with Crippen LogP contribution < -0.4 is 0 Å².